The highest BCUT2D eigenvalue weighted by Crippen LogP contribution is 2.22. The van der Waals surface area contributed by atoms with Gasteiger partial charge in [-0.1, -0.05) is 18.7 Å². The lowest BCUT2D eigenvalue weighted by atomic mass is 10.2. The van der Waals surface area contributed by atoms with Crippen molar-refractivity contribution in [3.63, 3.8) is 0 Å². The molecular formula is C11H19N3S. The Balaban J connectivity index is 2.78. The van der Waals surface area contributed by atoms with Crippen LogP contribution in [0.1, 0.15) is 30.3 Å². The zero-order chi connectivity index (χ0) is 11.4. The summed E-state index contributed by atoms with van der Waals surface area (Å²) in [7, 11) is 0. The molecule has 0 aromatic carbocycles. The van der Waals surface area contributed by atoms with Crippen LogP contribution in [0.4, 0.5) is 0 Å². The number of hydrogen-bond donors (Lipinski definition) is 1. The highest BCUT2D eigenvalue weighted by Gasteiger charge is 2.08. The number of aromatic nitrogens is 2. The average Bonchev–Trinajstić information content (AvgIpc) is 2.14. The van der Waals surface area contributed by atoms with E-state index >= 15 is 0 Å². The molecule has 0 saturated carbocycles. The SMILES string of the molecule is Cc1nc(SC(C)CCN)nc(C)c1C. The molecule has 1 aromatic heterocycles. The predicted molar refractivity (Wildman–Crippen MR) is 65.2 cm³/mol. The van der Waals surface area contributed by atoms with Crippen LogP contribution in [0.3, 0.4) is 0 Å². The monoisotopic (exact) mass is 225 g/mol. The number of aryl methyl sites for hydroxylation is 2. The molecule has 0 aliphatic carbocycles. The maximum Gasteiger partial charge on any atom is 0.188 e. The maximum atomic E-state index is 5.51. The predicted octanol–water partition coefficient (Wildman–Crippen LogP) is 2.23. The van der Waals surface area contributed by atoms with E-state index in [1.54, 1.807) is 11.8 Å². The minimum absolute atomic E-state index is 0.483. The molecule has 1 atom stereocenters. The van der Waals surface area contributed by atoms with Gasteiger partial charge >= 0.3 is 0 Å². The van der Waals surface area contributed by atoms with E-state index in [4.69, 9.17) is 5.73 Å². The van der Waals surface area contributed by atoms with Crippen LogP contribution in [-0.2, 0) is 0 Å². The average molecular weight is 225 g/mol. The van der Waals surface area contributed by atoms with Gasteiger partial charge in [0.25, 0.3) is 0 Å². The van der Waals surface area contributed by atoms with Crippen molar-refractivity contribution in [2.45, 2.75) is 44.5 Å². The first-order chi connectivity index (χ1) is 7.04. The summed E-state index contributed by atoms with van der Waals surface area (Å²) in [4.78, 5) is 8.93. The third-order valence-corrected chi connectivity index (χ3v) is 3.52. The van der Waals surface area contributed by atoms with Gasteiger partial charge in [-0.25, -0.2) is 9.97 Å². The lowest BCUT2D eigenvalue weighted by Crippen LogP contribution is -2.08. The molecule has 0 radical (unpaired) electrons. The third-order valence-electron chi connectivity index (χ3n) is 2.49. The molecule has 0 bridgehead atoms. The molecule has 1 aromatic rings. The fourth-order valence-corrected chi connectivity index (χ4v) is 2.26. The summed E-state index contributed by atoms with van der Waals surface area (Å²) in [5.41, 5.74) is 8.85. The molecule has 4 heteroatoms. The van der Waals surface area contributed by atoms with Crippen molar-refractivity contribution >= 4 is 11.8 Å². The molecular weight excluding hydrogens is 206 g/mol. The summed E-state index contributed by atoms with van der Waals surface area (Å²) in [6, 6.07) is 0. The zero-order valence-electron chi connectivity index (χ0n) is 9.87. The lowest BCUT2D eigenvalue weighted by molar-refractivity contribution is 0.809. The number of hydrogen-bond acceptors (Lipinski definition) is 4. The fraction of sp³-hybridized carbons (Fsp3) is 0.636. The minimum Gasteiger partial charge on any atom is -0.330 e. The number of thioether (sulfide) groups is 1. The van der Waals surface area contributed by atoms with Crippen LogP contribution in [0.15, 0.2) is 5.16 Å². The second-order valence-corrected chi connectivity index (χ2v) is 5.21. The maximum absolute atomic E-state index is 5.51. The minimum atomic E-state index is 0.483. The molecule has 0 fully saturated rings. The molecule has 15 heavy (non-hydrogen) atoms. The highest BCUT2D eigenvalue weighted by atomic mass is 32.2. The lowest BCUT2D eigenvalue weighted by Gasteiger charge is -2.10. The Morgan fingerprint density at radius 1 is 1.20 bits per heavy atom. The van der Waals surface area contributed by atoms with Crippen molar-refractivity contribution in [3.8, 4) is 0 Å². The quantitative estimate of drug-likeness (QED) is 0.630. The Hall–Kier alpha value is -0.610. The van der Waals surface area contributed by atoms with Crippen molar-refractivity contribution in [1.29, 1.82) is 0 Å². The summed E-state index contributed by atoms with van der Waals surface area (Å²) in [5, 5.41) is 1.35. The summed E-state index contributed by atoms with van der Waals surface area (Å²) in [6.07, 6.45) is 1.000. The van der Waals surface area contributed by atoms with Crippen LogP contribution >= 0.6 is 11.8 Å². The molecule has 0 aliphatic rings. The summed E-state index contributed by atoms with van der Waals surface area (Å²) in [5.74, 6) is 0. The standard InChI is InChI=1S/C11H19N3S/c1-7(5-6-12)15-11-13-9(3)8(2)10(4)14-11/h7H,5-6,12H2,1-4H3. The molecule has 0 saturated heterocycles. The van der Waals surface area contributed by atoms with Gasteiger partial charge in [0.05, 0.1) is 0 Å². The Bertz CT molecular complexity index is 316. The van der Waals surface area contributed by atoms with Crippen molar-refractivity contribution in [1.82, 2.24) is 9.97 Å². The molecule has 2 N–H and O–H groups in total. The highest BCUT2D eigenvalue weighted by molar-refractivity contribution is 7.99. The topological polar surface area (TPSA) is 51.8 Å². The van der Waals surface area contributed by atoms with Gasteiger partial charge in [0, 0.05) is 16.6 Å². The Kier molecular flexibility index (Phi) is 4.54. The summed E-state index contributed by atoms with van der Waals surface area (Å²) < 4.78 is 0. The van der Waals surface area contributed by atoms with Crippen molar-refractivity contribution in [3.05, 3.63) is 17.0 Å². The molecule has 3 nitrogen and oxygen atoms in total. The van der Waals surface area contributed by atoms with Crippen LogP contribution in [0.2, 0.25) is 0 Å². The summed E-state index contributed by atoms with van der Waals surface area (Å²) in [6.45, 7) is 9.00. The van der Waals surface area contributed by atoms with Crippen LogP contribution in [0.5, 0.6) is 0 Å². The van der Waals surface area contributed by atoms with Gasteiger partial charge in [-0.3, -0.25) is 0 Å². The number of nitrogens with zero attached hydrogens (tertiary/aromatic N) is 2. The van der Waals surface area contributed by atoms with Crippen molar-refractivity contribution in [2.75, 3.05) is 6.54 Å². The summed E-state index contributed by atoms with van der Waals surface area (Å²) >= 11 is 1.70. The van der Waals surface area contributed by atoms with Gasteiger partial charge in [-0.15, -0.1) is 0 Å². The van der Waals surface area contributed by atoms with E-state index in [0.29, 0.717) is 5.25 Å². The number of rotatable bonds is 4. The van der Waals surface area contributed by atoms with Crippen LogP contribution in [0, 0.1) is 20.8 Å². The molecule has 0 amide bonds. The van der Waals surface area contributed by atoms with E-state index in [0.717, 1.165) is 29.5 Å². The fourth-order valence-electron chi connectivity index (χ4n) is 1.27. The van der Waals surface area contributed by atoms with Crippen LogP contribution in [0.25, 0.3) is 0 Å². The second kappa shape index (κ2) is 5.47. The zero-order valence-corrected chi connectivity index (χ0v) is 10.7. The van der Waals surface area contributed by atoms with E-state index in [1.807, 2.05) is 13.8 Å². The number of nitrogens with two attached hydrogens (primary N) is 1. The first-order valence-corrected chi connectivity index (χ1v) is 6.11. The van der Waals surface area contributed by atoms with Gasteiger partial charge in [-0.05, 0) is 39.3 Å². The van der Waals surface area contributed by atoms with Crippen molar-refractivity contribution < 1.29 is 0 Å². The molecule has 0 spiro atoms. The first-order valence-electron chi connectivity index (χ1n) is 5.23. The van der Waals surface area contributed by atoms with Gasteiger partial charge in [-0.2, -0.15) is 0 Å². The van der Waals surface area contributed by atoms with Gasteiger partial charge in [0.2, 0.25) is 0 Å². The van der Waals surface area contributed by atoms with Crippen LogP contribution < -0.4 is 5.73 Å². The third kappa shape index (κ3) is 3.47. The van der Waals surface area contributed by atoms with E-state index in [2.05, 4.69) is 23.8 Å². The second-order valence-electron chi connectivity index (χ2n) is 3.81. The van der Waals surface area contributed by atoms with E-state index in [9.17, 15) is 0 Å². The van der Waals surface area contributed by atoms with Gasteiger partial charge in [0.15, 0.2) is 5.16 Å². The molecule has 1 heterocycles. The normalized spacial score (nSPS) is 12.9. The first kappa shape index (κ1) is 12.5. The largest absolute Gasteiger partial charge is 0.330 e. The Morgan fingerprint density at radius 3 is 2.20 bits per heavy atom. The molecule has 1 rings (SSSR count). The van der Waals surface area contributed by atoms with Crippen molar-refractivity contribution in [2.24, 2.45) is 5.73 Å². The van der Waals surface area contributed by atoms with Crippen LogP contribution in [-0.4, -0.2) is 21.8 Å². The van der Waals surface area contributed by atoms with Gasteiger partial charge in [0.1, 0.15) is 0 Å². The smallest absolute Gasteiger partial charge is 0.188 e. The Morgan fingerprint density at radius 2 is 1.73 bits per heavy atom. The van der Waals surface area contributed by atoms with Gasteiger partial charge < -0.3 is 5.73 Å². The van der Waals surface area contributed by atoms with E-state index in [1.165, 1.54) is 5.56 Å². The molecule has 1 unspecified atom stereocenters. The molecule has 84 valence electrons. The molecule has 0 aliphatic heterocycles. The van der Waals surface area contributed by atoms with E-state index < -0.39 is 0 Å². The Labute approximate surface area is 95.9 Å². The van der Waals surface area contributed by atoms with E-state index in [-0.39, 0.29) is 0 Å².